The molecule has 2 aliphatic carbocycles. The van der Waals surface area contributed by atoms with Crippen molar-refractivity contribution < 1.29 is 10.2 Å². The predicted molar refractivity (Wildman–Crippen MR) is 113 cm³/mol. The van der Waals surface area contributed by atoms with Crippen LogP contribution in [0.15, 0.2) is 35.5 Å². The van der Waals surface area contributed by atoms with Crippen molar-refractivity contribution in [2.75, 3.05) is 19.7 Å². The van der Waals surface area contributed by atoms with E-state index in [1.54, 1.807) is 5.57 Å². The Kier molecular flexibility index (Phi) is 8.17. The second-order valence-electron chi connectivity index (χ2n) is 8.84. The van der Waals surface area contributed by atoms with Crippen LogP contribution in [0.1, 0.15) is 71.1 Å². The first-order valence-corrected chi connectivity index (χ1v) is 11.3. The van der Waals surface area contributed by atoms with E-state index in [2.05, 4.69) is 36.1 Å². The Bertz CT molecular complexity index is 537. The number of allylic oxidation sites excluding steroid dienone is 3. The van der Waals surface area contributed by atoms with Crippen molar-refractivity contribution in [3.8, 4) is 0 Å². The zero-order valence-corrected chi connectivity index (χ0v) is 17.2. The molecule has 27 heavy (non-hydrogen) atoms. The quantitative estimate of drug-likeness (QED) is 0.580. The Labute approximate surface area is 165 Å². The van der Waals surface area contributed by atoms with Crippen molar-refractivity contribution in [2.45, 2.75) is 83.3 Å². The van der Waals surface area contributed by atoms with Gasteiger partial charge < -0.3 is 10.2 Å². The third kappa shape index (κ3) is 6.04. The molecule has 0 aromatic carbocycles. The highest BCUT2D eigenvalue weighted by molar-refractivity contribution is 5.29. The van der Waals surface area contributed by atoms with Gasteiger partial charge in [0, 0.05) is 25.7 Å². The Morgan fingerprint density at radius 1 is 1.19 bits per heavy atom. The van der Waals surface area contributed by atoms with E-state index in [4.69, 9.17) is 0 Å². The minimum atomic E-state index is -0.383. The molecule has 3 aliphatic rings. The number of hydrogen-bond donors (Lipinski definition) is 2. The molecule has 2 N–H and O–H groups in total. The first-order valence-electron chi connectivity index (χ1n) is 11.3. The van der Waals surface area contributed by atoms with Crippen LogP contribution in [-0.4, -0.2) is 47.0 Å². The lowest BCUT2D eigenvalue weighted by atomic mass is 9.87. The summed E-state index contributed by atoms with van der Waals surface area (Å²) >= 11 is 0. The summed E-state index contributed by atoms with van der Waals surface area (Å²) in [5.74, 6) is 0.831. The summed E-state index contributed by atoms with van der Waals surface area (Å²) in [7, 11) is 0. The van der Waals surface area contributed by atoms with Crippen LogP contribution in [0.3, 0.4) is 0 Å². The predicted octanol–water partition coefficient (Wildman–Crippen LogP) is 4.61. The topological polar surface area (TPSA) is 43.7 Å². The van der Waals surface area contributed by atoms with Gasteiger partial charge in [-0.1, -0.05) is 49.6 Å². The Morgan fingerprint density at radius 3 is 2.52 bits per heavy atom. The molecule has 0 radical (unpaired) electrons. The highest BCUT2D eigenvalue weighted by Crippen LogP contribution is 2.30. The number of nitrogens with zero attached hydrogens (tertiary/aromatic N) is 1. The highest BCUT2D eigenvalue weighted by atomic mass is 16.3. The van der Waals surface area contributed by atoms with Crippen LogP contribution in [0.2, 0.25) is 0 Å². The SMILES string of the molecule is CCCC(CO)CCC(O)C1=CCC(C=C2CCN(C3CCC3)CC2)C=C1. The second kappa shape index (κ2) is 10.6. The minimum Gasteiger partial charge on any atom is -0.396 e. The minimum absolute atomic E-state index is 0.239. The molecule has 0 amide bonds. The molecule has 0 aromatic heterocycles. The second-order valence-corrected chi connectivity index (χ2v) is 8.84. The van der Waals surface area contributed by atoms with E-state index in [0.29, 0.717) is 11.8 Å². The smallest absolute Gasteiger partial charge is 0.0787 e. The normalized spacial score (nSPS) is 26.4. The maximum Gasteiger partial charge on any atom is 0.0787 e. The van der Waals surface area contributed by atoms with Gasteiger partial charge in [0.15, 0.2) is 0 Å². The van der Waals surface area contributed by atoms with Gasteiger partial charge in [0.1, 0.15) is 0 Å². The molecule has 1 saturated heterocycles. The van der Waals surface area contributed by atoms with Gasteiger partial charge in [0.2, 0.25) is 0 Å². The number of aliphatic hydroxyl groups excluding tert-OH is 2. The molecule has 2 fully saturated rings. The van der Waals surface area contributed by atoms with E-state index >= 15 is 0 Å². The fourth-order valence-electron chi connectivity index (χ4n) is 4.72. The molecular weight excluding hydrogens is 334 g/mol. The number of rotatable bonds is 9. The third-order valence-corrected chi connectivity index (χ3v) is 6.83. The summed E-state index contributed by atoms with van der Waals surface area (Å²) in [5.41, 5.74) is 2.70. The number of piperidine rings is 1. The van der Waals surface area contributed by atoms with Crippen LogP contribution in [0, 0.1) is 11.8 Å². The molecule has 0 bridgehead atoms. The molecular formula is C24H39NO2. The van der Waals surface area contributed by atoms with Crippen LogP contribution >= 0.6 is 0 Å². The number of likely N-dealkylation sites (tertiary alicyclic amines) is 1. The molecule has 0 spiro atoms. The van der Waals surface area contributed by atoms with Crippen LogP contribution in [-0.2, 0) is 0 Å². The molecule has 3 nitrogen and oxygen atoms in total. The Morgan fingerprint density at radius 2 is 1.96 bits per heavy atom. The van der Waals surface area contributed by atoms with E-state index in [0.717, 1.165) is 43.7 Å². The van der Waals surface area contributed by atoms with Gasteiger partial charge in [-0.2, -0.15) is 0 Å². The van der Waals surface area contributed by atoms with E-state index in [9.17, 15) is 10.2 Å². The zero-order valence-electron chi connectivity index (χ0n) is 17.2. The maximum atomic E-state index is 10.5. The molecule has 3 unspecified atom stereocenters. The summed E-state index contributed by atoms with van der Waals surface area (Å²) < 4.78 is 0. The van der Waals surface area contributed by atoms with Crippen LogP contribution in [0.5, 0.6) is 0 Å². The van der Waals surface area contributed by atoms with Gasteiger partial charge in [0.05, 0.1) is 6.10 Å². The van der Waals surface area contributed by atoms with E-state index in [1.165, 1.54) is 45.2 Å². The van der Waals surface area contributed by atoms with Crippen LogP contribution in [0.25, 0.3) is 0 Å². The maximum absolute atomic E-state index is 10.5. The van der Waals surface area contributed by atoms with Crippen molar-refractivity contribution in [1.29, 1.82) is 0 Å². The lowest BCUT2D eigenvalue weighted by molar-refractivity contribution is 0.118. The summed E-state index contributed by atoms with van der Waals surface area (Å²) in [4.78, 5) is 2.70. The van der Waals surface area contributed by atoms with Crippen molar-refractivity contribution in [3.05, 3.63) is 35.5 Å². The molecule has 1 aliphatic heterocycles. The van der Waals surface area contributed by atoms with Crippen LogP contribution in [0.4, 0.5) is 0 Å². The molecule has 3 heteroatoms. The van der Waals surface area contributed by atoms with E-state index in [1.807, 2.05) is 0 Å². The molecule has 1 saturated carbocycles. The lowest BCUT2D eigenvalue weighted by Gasteiger charge is -2.40. The van der Waals surface area contributed by atoms with Gasteiger partial charge >= 0.3 is 0 Å². The first kappa shape index (κ1) is 20.8. The van der Waals surface area contributed by atoms with Gasteiger partial charge in [-0.05, 0) is 68.8 Å². The highest BCUT2D eigenvalue weighted by Gasteiger charge is 2.27. The first-order chi connectivity index (χ1) is 13.2. The van der Waals surface area contributed by atoms with E-state index < -0.39 is 0 Å². The molecule has 3 rings (SSSR count). The van der Waals surface area contributed by atoms with Gasteiger partial charge in [-0.15, -0.1) is 0 Å². The lowest BCUT2D eigenvalue weighted by Crippen LogP contribution is -2.43. The molecule has 152 valence electrons. The largest absolute Gasteiger partial charge is 0.396 e. The van der Waals surface area contributed by atoms with Crippen molar-refractivity contribution in [1.82, 2.24) is 4.90 Å². The summed E-state index contributed by atoms with van der Waals surface area (Å²) in [5, 5.41) is 19.9. The zero-order chi connectivity index (χ0) is 19.1. The van der Waals surface area contributed by atoms with Crippen LogP contribution < -0.4 is 0 Å². The van der Waals surface area contributed by atoms with Crippen molar-refractivity contribution in [3.63, 3.8) is 0 Å². The number of hydrogen-bond acceptors (Lipinski definition) is 3. The summed E-state index contributed by atoms with van der Waals surface area (Å²) in [6, 6.07) is 0.885. The van der Waals surface area contributed by atoms with Gasteiger partial charge in [-0.25, -0.2) is 0 Å². The summed E-state index contributed by atoms with van der Waals surface area (Å²) in [6.45, 7) is 4.88. The standard InChI is InChI=1S/C24H39NO2/c1-2-4-21(18-26)9-12-24(27)22-10-7-19(8-11-22)17-20-13-15-25(16-14-20)23-5-3-6-23/h7,10-11,17,19,21,23-24,26-27H,2-6,8-9,12-16,18H2,1H3. The van der Waals surface area contributed by atoms with Crippen molar-refractivity contribution in [2.24, 2.45) is 11.8 Å². The molecule has 1 heterocycles. The monoisotopic (exact) mass is 373 g/mol. The van der Waals surface area contributed by atoms with E-state index in [-0.39, 0.29) is 12.7 Å². The Hall–Kier alpha value is -0.900. The fraction of sp³-hybridized carbons (Fsp3) is 0.750. The Balaban J connectivity index is 1.41. The van der Waals surface area contributed by atoms with Crippen molar-refractivity contribution >= 4 is 0 Å². The molecule has 3 atom stereocenters. The molecule has 0 aromatic rings. The van der Waals surface area contributed by atoms with Gasteiger partial charge in [-0.3, -0.25) is 4.90 Å². The third-order valence-electron chi connectivity index (χ3n) is 6.83. The number of aliphatic hydroxyl groups is 2. The summed E-state index contributed by atoms with van der Waals surface area (Å²) in [6.07, 6.45) is 20.3. The fourth-order valence-corrected chi connectivity index (χ4v) is 4.72. The van der Waals surface area contributed by atoms with Gasteiger partial charge in [0.25, 0.3) is 0 Å². The average molecular weight is 374 g/mol. The average Bonchev–Trinajstić information content (AvgIpc) is 2.65.